The Morgan fingerprint density at radius 3 is 2.26 bits per heavy atom. The first kappa shape index (κ1) is 19.9. The molecular weight excluding hydrogens is 300 g/mol. The summed E-state index contributed by atoms with van der Waals surface area (Å²) in [6, 6.07) is 0. The molecule has 0 unspecified atom stereocenters. The van der Waals surface area contributed by atoms with Crippen LogP contribution in [-0.4, -0.2) is 48.6 Å². The van der Waals surface area contributed by atoms with Crippen molar-refractivity contribution < 1.29 is 28.9 Å². The lowest BCUT2D eigenvalue weighted by Gasteiger charge is -2.20. The van der Waals surface area contributed by atoms with Crippen LogP contribution in [0.5, 0.6) is 0 Å². The van der Waals surface area contributed by atoms with Crippen molar-refractivity contribution in [2.24, 2.45) is 0 Å². The molecule has 134 valence electrons. The van der Waals surface area contributed by atoms with Crippen molar-refractivity contribution in [3.63, 3.8) is 0 Å². The van der Waals surface area contributed by atoms with E-state index < -0.39 is 18.3 Å². The van der Waals surface area contributed by atoms with Gasteiger partial charge in [0.2, 0.25) is 0 Å². The Morgan fingerprint density at radius 2 is 1.65 bits per heavy atom. The third kappa shape index (κ3) is 7.79. The monoisotopic (exact) mass is 330 g/mol. The van der Waals surface area contributed by atoms with Gasteiger partial charge >= 0.3 is 11.9 Å². The van der Waals surface area contributed by atoms with Crippen LogP contribution in [0.15, 0.2) is 0 Å². The first-order valence-electron chi connectivity index (χ1n) is 8.73. The summed E-state index contributed by atoms with van der Waals surface area (Å²) in [5.41, 5.74) is 0. The number of rotatable bonds is 11. The maximum atomic E-state index is 11.8. The van der Waals surface area contributed by atoms with Crippen LogP contribution in [0.4, 0.5) is 0 Å². The third-order valence-electron chi connectivity index (χ3n) is 3.87. The molecule has 23 heavy (non-hydrogen) atoms. The lowest BCUT2D eigenvalue weighted by Crippen LogP contribution is -2.38. The number of aliphatic hydroxyl groups excluding tert-OH is 1. The summed E-state index contributed by atoms with van der Waals surface area (Å²) in [5.74, 6) is -0.622. The third-order valence-corrected chi connectivity index (χ3v) is 3.87. The van der Waals surface area contributed by atoms with Gasteiger partial charge in [-0.25, -0.2) is 0 Å². The molecule has 0 aromatic heterocycles. The van der Waals surface area contributed by atoms with Crippen LogP contribution >= 0.6 is 0 Å². The number of unbranched alkanes of at least 4 members (excludes halogenated alkanes) is 4. The molecule has 1 fully saturated rings. The molecule has 0 radical (unpaired) electrons. The molecule has 6 nitrogen and oxygen atoms in total. The van der Waals surface area contributed by atoms with Crippen LogP contribution < -0.4 is 0 Å². The van der Waals surface area contributed by atoms with Crippen molar-refractivity contribution >= 4 is 11.9 Å². The van der Waals surface area contributed by atoms with Gasteiger partial charge in [0.15, 0.2) is 6.10 Å². The highest BCUT2D eigenvalue weighted by Crippen LogP contribution is 2.20. The Morgan fingerprint density at radius 1 is 1.04 bits per heavy atom. The van der Waals surface area contributed by atoms with Gasteiger partial charge in [-0.3, -0.25) is 9.59 Å². The number of aliphatic hydroxyl groups is 1. The van der Waals surface area contributed by atoms with E-state index in [9.17, 15) is 14.7 Å². The summed E-state index contributed by atoms with van der Waals surface area (Å²) in [5, 5.41) is 9.88. The summed E-state index contributed by atoms with van der Waals surface area (Å²) in [6.45, 7) is 4.23. The van der Waals surface area contributed by atoms with E-state index in [4.69, 9.17) is 14.2 Å². The first-order chi connectivity index (χ1) is 11.1. The van der Waals surface area contributed by atoms with Gasteiger partial charge in [-0.15, -0.1) is 0 Å². The lowest BCUT2D eigenvalue weighted by molar-refractivity contribution is -0.160. The second-order valence-electron chi connectivity index (χ2n) is 5.99. The Bertz CT molecular complexity index is 357. The summed E-state index contributed by atoms with van der Waals surface area (Å²) in [6.07, 6.45) is 4.11. The standard InChI is InChI=1S/C17H30O6/c1-3-5-7-9-15(19)22-12-14-17(13(18)11-21-14)23-16(20)10-8-6-4-2/h13-14,17-18H,3-12H2,1-2H3/t13-,14-,17+/m1/s1. The van der Waals surface area contributed by atoms with Crippen LogP contribution in [0.2, 0.25) is 0 Å². The minimum Gasteiger partial charge on any atom is -0.463 e. The van der Waals surface area contributed by atoms with Gasteiger partial charge in [-0.1, -0.05) is 39.5 Å². The van der Waals surface area contributed by atoms with Gasteiger partial charge in [0, 0.05) is 12.8 Å². The van der Waals surface area contributed by atoms with E-state index in [1.54, 1.807) is 0 Å². The SMILES string of the molecule is CCCCCC(=O)OC[C@H]1OC[C@@H](O)[C@@H]1OC(=O)CCCCC. The van der Waals surface area contributed by atoms with Crippen LogP contribution in [0.25, 0.3) is 0 Å². The van der Waals surface area contributed by atoms with E-state index in [0.29, 0.717) is 12.8 Å². The fourth-order valence-electron chi connectivity index (χ4n) is 2.45. The maximum Gasteiger partial charge on any atom is 0.306 e. The number of carbonyl (C=O) groups excluding carboxylic acids is 2. The minimum absolute atomic E-state index is 0.00885. The van der Waals surface area contributed by atoms with E-state index in [1.807, 2.05) is 0 Å². The Hall–Kier alpha value is -1.14. The average molecular weight is 330 g/mol. The molecule has 0 amide bonds. The second-order valence-corrected chi connectivity index (χ2v) is 5.99. The highest BCUT2D eigenvalue weighted by molar-refractivity contribution is 5.70. The summed E-state index contributed by atoms with van der Waals surface area (Å²) >= 11 is 0. The topological polar surface area (TPSA) is 82.1 Å². The van der Waals surface area contributed by atoms with Crippen molar-refractivity contribution in [3.05, 3.63) is 0 Å². The molecule has 1 aliphatic heterocycles. The zero-order valence-corrected chi connectivity index (χ0v) is 14.3. The number of ether oxygens (including phenoxy) is 3. The largest absolute Gasteiger partial charge is 0.463 e. The molecule has 0 aromatic carbocycles. The number of hydrogen-bond acceptors (Lipinski definition) is 6. The van der Waals surface area contributed by atoms with Crippen LogP contribution in [0.3, 0.4) is 0 Å². The quantitative estimate of drug-likeness (QED) is 0.462. The normalized spacial score (nSPS) is 23.7. The highest BCUT2D eigenvalue weighted by Gasteiger charge is 2.39. The molecule has 1 aliphatic rings. The molecule has 1 heterocycles. The van der Waals surface area contributed by atoms with Crippen LogP contribution in [0, 0.1) is 0 Å². The fraction of sp³-hybridized carbons (Fsp3) is 0.882. The van der Waals surface area contributed by atoms with E-state index >= 15 is 0 Å². The van der Waals surface area contributed by atoms with Crippen molar-refractivity contribution in [2.45, 2.75) is 83.5 Å². The predicted octanol–water partition coefficient (Wildman–Crippen LogP) is 2.36. The summed E-state index contributed by atoms with van der Waals surface area (Å²) in [4.78, 5) is 23.4. The summed E-state index contributed by atoms with van der Waals surface area (Å²) in [7, 11) is 0. The Labute approximate surface area is 138 Å². The van der Waals surface area contributed by atoms with Gasteiger partial charge in [-0.05, 0) is 12.8 Å². The molecule has 6 heteroatoms. The molecular formula is C17H30O6. The van der Waals surface area contributed by atoms with Gasteiger partial charge in [-0.2, -0.15) is 0 Å². The zero-order valence-electron chi connectivity index (χ0n) is 14.3. The molecule has 3 atom stereocenters. The van der Waals surface area contributed by atoms with Gasteiger partial charge in [0.05, 0.1) is 6.61 Å². The molecule has 0 spiro atoms. The summed E-state index contributed by atoms with van der Waals surface area (Å²) < 4.78 is 15.8. The average Bonchev–Trinajstić information content (AvgIpc) is 2.86. The van der Waals surface area contributed by atoms with Gasteiger partial charge < -0.3 is 19.3 Å². The van der Waals surface area contributed by atoms with Gasteiger partial charge in [0.1, 0.15) is 18.8 Å². The Kier molecular flexibility index (Phi) is 9.87. The molecule has 1 N–H and O–H groups in total. The fourth-order valence-corrected chi connectivity index (χ4v) is 2.45. The van der Waals surface area contributed by atoms with Crippen molar-refractivity contribution in [1.82, 2.24) is 0 Å². The molecule has 0 aliphatic carbocycles. The van der Waals surface area contributed by atoms with E-state index in [2.05, 4.69) is 13.8 Å². The first-order valence-corrected chi connectivity index (χ1v) is 8.73. The molecule has 1 rings (SSSR count). The van der Waals surface area contributed by atoms with Crippen LogP contribution in [0.1, 0.15) is 65.2 Å². The van der Waals surface area contributed by atoms with E-state index in [-0.39, 0.29) is 25.2 Å². The predicted molar refractivity (Wildman–Crippen MR) is 84.9 cm³/mol. The highest BCUT2D eigenvalue weighted by atomic mass is 16.6. The van der Waals surface area contributed by atoms with E-state index in [0.717, 1.165) is 38.5 Å². The van der Waals surface area contributed by atoms with Gasteiger partial charge in [0.25, 0.3) is 0 Å². The number of carbonyl (C=O) groups is 2. The molecule has 0 saturated carbocycles. The lowest BCUT2D eigenvalue weighted by atomic mass is 10.1. The van der Waals surface area contributed by atoms with E-state index in [1.165, 1.54) is 0 Å². The number of hydrogen-bond donors (Lipinski definition) is 1. The second kappa shape index (κ2) is 11.4. The smallest absolute Gasteiger partial charge is 0.306 e. The molecule has 0 aromatic rings. The zero-order chi connectivity index (χ0) is 17.1. The minimum atomic E-state index is -0.867. The van der Waals surface area contributed by atoms with Crippen molar-refractivity contribution in [2.75, 3.05) is 13.2 Å². The van der Waals surface area contributed by atoms with Crippen molar-refractivity contribution in [3.8, 4) is 0 Å². The molecule has 1 saturated heterocycles. The molecule has 0 bridgehead atoms. The maximum absolute atomic E-state index is 11.8. The number of esters is 2. The Balaban J connectivity index is 2.33. The van der Waals surface area contributed by atoms with Crippen LogP contribution in [-0.2, 0) is 23.8 Å². The van der Waals surface area contributed by atoms with Crippen molar-refractivity contribution in [1.29, 1.82) is 0 Å².